The number of thioether (sulfide) groups is 1. The first kappa shape index (κ1) is 26.3. The Morgan fingerprint density at radius 3 is 2.59 bits per heavy atom. The summed E-state index contributed by atoms with van der Waals surface area (Å²) in [5.41, 5.74) is 4.11. The van der Waals surface area contributed by atoms with Gasteiger partial charge in [0, 0.05) is 34.3 Å². The van der Waals surface area contributed by atoms with Crippen LogP contribution in [0.25, 0.3) is 0 Å². The molecule has 2 saturated heterocycles. The molecule has 0 aliphatic carbocycles. The van der Waals surface area contributed by atoms with Gasteiger partial charge < -0.3 is 29.2 Å². The standard InChI is InChI=1S/C29H29N3O8S/c1-11-5-13-6-14-15(7-30)32-16-8-38-29(36)17(33)9-41-28(20-19(16)27-26(39-10-40-27)12(2)23(20)34)22(32)21(31(14)3)18(13)24(35)25(11)37-4/h5,14-16,21-22,28,34-35H,6,8-10H2,1-4H3/t14-,15-,16-,21+,22?,28+/m0/s1. The van der Waals surface area contributed by atoms with Crippen LogP contribution >= 0.6 is 11.8 Å². The van der Waals surface area contributed by atoms with Crippen LogP contribution in [0.4, 0.5) is 0 Å². The molecule has 1 unspecified atom stereocenters. The molecule has 12 heteroatoms. The van der Waals surface area contributed by atoms with E-state index in [1.54, 1.807) is 6.92 Å². The van der Waals surface area contributed by atoms with E-state index in [0.717, 1.165) is 11.1 Å². The van der Waals surface area contributed by atoms with Crippen molar-refractivity contribution in [3.05, 3.63) is 39.4 Å². The largest absolute Gasteiger partial charge is 0.507 e. The Bertz CT molecular complexity index is 1570. The average molecular weight is 580 g/mol. The number of rotatable bonds is 1. The van der Waals surface area contributed by atoms with E-state index in [2.05, 4.69) is 15.9 Å². The molecule has 0 saturated carbocycles. The minimum atomic E-state index is -0.931. The van der Waals surface area contributed by atoms with E-state index in [9.17, 15) is 25.1 Å². The van der Waals surface area contributed by atoms with E-state index in [0.29, 0.717) is 45.9 Å². The molecular weight excluding hydrogens is 550 g/mol. The highest BCUT2D eigenvalue weighted by molar-refractivity contribution is 8.00. The molecule has 2 fully saturated rings. The fraction of sp³-hybridized carbons (Fsp3) is 0.483. The molecule has 41 heavy (non-hydrogen) atoms. The molecular formula is C29H29N3O8S. The fourth-order valence-corrected chi connectivity index (χ4v) is 8.98. The molecule has 6 atom stereocenters. The maximum atomic E-state index is 12.8. The van der Waals surface area contributed by atoms with E-state index in [1.807, 2.05) is 20.0 Å². The van der Waals surface area contributed by atoms with Crippen LogP contribution in [0.2, 0.25) is 0 Å². The third-order valence-electron chi connectivity index (χ3n) is 9.32. The van der Waals surface area contributed by atoms with E-state index in [1.165, 1.54) is 18.9 Å². The molecule has 0 aromatic heterocycles. The molecule has 4 bridgehead atoms. The molecule has 5 heterocycles. The molecule has 214 valence electrons. The Morgan fingerprint density at radius 1 is 1.10 bits per heavy atom. The number of ketones is 1. The minimum absolute atomic E-state index is 0.0192. The van der Waals surface area contributed by atoms with Crippen LogP contribution < -0.4 is 14.2 Å². The van der Waals surface area contributed by atoms with Crippen LogP contribution in [0.15, 0.2) is 6.07 Å². The summed E-state index contributed by atoms with van der Waals surface area (Å²) in [6.07, 6.45) is 0.509. The van der Waals surface area contributed by atoms with E-state index >= 15 is 0 Å². The van der Waals surface area contributed by atoms with Crippen LogP contribution in [-0.2, 0) is 20.7 Å². The number of fused-ring (bicyclic) bond motifs is 9. The Balaban J connectivity index is 1.55. The quantitative estimate of drug-likeness (QED) is 0.379. The Morgan fingerprint density at radius 2 is 1.85 bits per heavy atom. The van der Waals surface area contributed by atoms with Crippen LogP contribution in [0, 0.1) is 25.2 Å². The number of phenolic OH excluding ortho intramolecular Hbond substituents is 2. The zero-order valence-electron chi connectivity index (χ0n) is 23.0. The summed E-state index contributed by atoms with van der Waals surface area (Å²) in [5, 5.41) is 33.4. The van der Waals surface area contributed by atoms with E-state index < -0.39 is 41.2 Å². The number of esters is 1. The fourth-order valence-electron chi connectivity index (χ4n) is 7.64. The van der Waals surface area contributed by atoms with Gasteiger partial charge in [-0.2, -0.15) is 5.26 Å². The molecule has 5 aliphatic heterocycles. The lowest BCUT2D eigenvalue weighted by atomic mass is 9.71. The Kier molecular flexibility index (Phi) is 5.87. The van der Waals surface area contributed by atoms with Gasteiger partial charge in [-0.15, -0.1) is 11.8 Å². The molecule has 2 N–H and O–H groups in total. The second kappa shape index (κ2) is 9.17. The number of Topliss-reactive ketones (excluding diaryl/α,β-unsaturated/α-hetero) is 1. The Hall–Kier alpha value is -3.66. The molecule has 7 rings (SSSR count). The summed E-state index contributed by atoms with van der Waals surface area (Å²) in [6, 6.07) is 1.99. The van der Waals surface area contributed by atoms with E-state index in [4.69, 9.17) is 18.9 Å². The third-order valence-corrected chi connectivity index (χ3v) is 10.6. The number of likely N-dealkylation sites (N-methyl/N-ethyl adjacent to an activating group) is 1. The van der Waals surface area contributed by atoms with Crippen molar-refractivity contribution >= 4 is 23.5 Å². The number of hydrogen-bond acceptors (Lipinski definition) is 12. The number of aromatic hydroxyl groups is 2. The summed E-state index contributed by atoms with van der Waals surface area (Å²) >= 11 is 1.22. The van der Waals surface area contributed by atoms with Crippen molar-refractivity contribution < 1.29 is 38.7 Å². The summed E-state index contributed by atoms with van der Waals surface area (Å²) < 4.78 is 22.9. The molecule has 0 amide bonds. The van der Waals surface area contributed by atoms with Crippen LogP contribution in [0.5, 0.6) is 28.7 Å². The number of ether oxygens (including phenoxy) is 4. The lowest BCUT2D eigenvalue weighted by Crippen LogP contribution is -2.69. The van der Waals surface area contributed by atoms with Gasteiger partial charge in [-0.3, -0.25) is 14.6 Å². The number of carbonyl (C=O) groups is 2. The number of nitriles is 1. The van der Waals surface area contributed by atoms with Gasteiger partial charge in [-0.05, 0) is 38.4 Å². The number of methoxy groups -OCH3 is 1. The topological polar surface area (TPSA) is 142 Å². The molecule has 2 aromatic carbocycles. The maximum Gasteiger partial charge on any atom is 0.375 e. The highest BCUT2D eigenvalue weighted by atomic mass is 32.2. The van der Waals surface area contributed by atoms with E-state index in [-0.39, 0.29) is 36.7 Å². The number of carbonyl (C=O) groups excluding carboxylic acids is 2. The highest BCUT2D eigenvalue weighted by Gasteiger charge is 2.60. The van der Waals surface area contributed by atoms with Gasteiger partial charge >= 0.3 is 5.97 Å². The van der Waals surface area contributed by atoms with Crippen molar-refractivity contribution in [3.8, 4) is 34.8 Å². The van der Waals surface area contributed by atoms with Crippen molar-refractivity contribution in [1.29, 1.82) is 5.26 Å². The predicted molar refractivity (Wildman–Crippen MR) is 145 cm³/mol. The number of hydrogen-bond donors (Lipinski definition) is 2. The van der Waals surface area contributed by atoms with Gasteiger partial charge in [-0.1, -0.05) is 6.07 Å². The number of cyclic esters (lactones) is 1. The second-order valence-electron chi connectivity index (χ2n) is 11.2. The van der Waals surface area contributed by atoms with Gasteiger partial charge in [0.05, 0.1) is 36.3 Å². The number of piperazine rings is 1. The van der Waals surface area contributed by atoms with Crippen LogP contribution in [0.3, 0.4) is 0 Å². The lowest BCUT2D eigenvalue weighted by Gasteiger charge is -2.61. The van der Waals surface area contributed by atoms with Crippen LogP contribution in [-0.4, -0.2) is 83.2 Å². The minimum Gasteiger partial charge on any atom is -0.507 e. The lowest BCUT2D eigenvalue weighted by molar-refractivity contribution is -0.157. The van der Waals surface area contributed by atoms with Crippen molar-refractivity contribution in [2.75, 3.05) is 33.3 Å². The van der Waals surface area contributed by atoms with Gasteiger partial charge in [0.2, 0.25) is 12.6 Å². The molecule has 11 nitrogen and oxygen atoms in total. The normalized spacial score (nSPS) is 30.1. The number of phenols is 2. The van der Waals surface area contributed by atoms with Crippen molar-refractivity contribution in [2.24, 2.45) is 0 Å². The van der Waals surface area contributed by atoms with Gasteiger partial charge in [0.15, 0.2) is 23.0 Å². The summed E-state index contributed by atoms with van der Waals surface area (Å²) in [5.74, 6) is -0.472. The molecule has 0 spiro atoms. The monoisotopic (exact) mass is 579 g/mol. The van der Waals surface area contributed by atoms with Gasteiger partial charge in [0.1, 0.15) is 18.4 Å². The maximum absolute atomic E-state index is 12.8. The summed E-state index contributed by atoms with van der Waals surface area (Å²) in [6.45, 7) is 3.37. The van der Waals surface area contributed by atoms with Gasteiger partial charge in [-0.25, -0.2) is 4.79 Å². The smallest absolute Gasteiger partial charge is 0.375 e. The highest BCUT2D eigenvalue weighted by Crippen LogP contribution is 2.63. The number of benzene rings is 2. The molecule has 0 radical (unpaired) electrons. The van der Waals surface area contributed by atoms with Crippen molar-refractivity contribution in [1.82, 2.24) is 9.80 Å². The number of nitrogens with zero attached hydrogens (tertiary/aromatic N) is 3. The van der Waals surface area contributed by atoms with Gasteiger partial charge in [0.25, 0.3) is 0 Å². The zero-order chi connectivity index (χ0) is 28.9. The first-order chi connectivity index (χ1) is 19.7. The molecule has 5 aliphatic rings. The molecule has 2 aromatic rings. The van der Waals surface area contributed by atoms with Crippen molar-refractivity contribution in [2.45, 2.75) is 55.7 Å². The number of aryl methyl sites for hydroxylation is 1. The SMILES string of the molecule is COc1c(C)cc2c(c1O)[C@@H]1C3[C@@H]4SCC(=O)C(=O)OC[C@@H](c5c6c(c(C)c(O)c54)OCO6)N3[C@@H](C#N)[C@H](C2)N1C. The summed E-state index contributed by atoms with van der Waals surface area (Å²) in [4.78, 5) is 29.6. The van der Waals surface area contributed by atoms with Crippen LogP contribution in [0.1, 0.15) is 50.7 Å². The zero-order valence-corrected chi connectivity index (χ0v) is 23.8. The second-order valence-corrected chi connectivity index (χ2v) is 12.3. The predicted octanol–water partition coefficient (Wildman–Crippen LogP) is 2.58. The first-order valence-corrected chi connectivity index (χ1v) is 14.5. The summed E-state index contributed by atoms with van der Waals surface area (Å²) in [7, 11) is 3.46. The first-order valence-electron chi connectivity index (χ1n) is 13.4. The Labute approximate surface area is 240 Å². The third kappa shape index (κ3) is 3.40. The average Bonchev–Trinajstić information content (AvgIpc) is 3.44. The van der Waals surface area contributed by atoms with Crippen molar-refractivity contribution in [3.63, 3.8) is 0 Å².